The van der Waals surface area contributed by atoms with Gasteiger partial charge in [-0.2, -0.15) is 0 Å². The summed E-state index contributed by atoms with van der Waals surface area (Å²) in [6, 6.07) is 3.42. The summed E-state index contributed by atoms with van der Waals surface area (Å²) in [5, 5.41) is 48.0. The number of carboxylic acids is 2. The van der Waals surface area contributed by atoms with Crippen LogP contribution in [0.15, 0.2) is 64.6 Å². The van der Waals surface area contributed by atoms with E-state index in [-0.39, 0.29) is 40.2 Å². The molecule has 18 nitrogen and oxygen atoms in total. The van der Waals surface area contributed by atoms with Gasteiger partial charge < -0.3 is 52.6 Å². The summed E-state index contributed by atoms with van der Waals surface area (Å²) in [7, 11) is 0. The molecule has 47 heavy (non-hydrogen) atoms. The molecule has 0 aliphatic carbocycles. The zero-order valence-corrected chi connectivity index (χ0v) is 25.5. The maximum Gasteiger partial charge on any atom is 0.352 e. The summed E-state index contributed by atoms with van der Waals surface area (Å²) >= 11 is 2.13. The molecule has 0 spiro atoms. The van der Waals surface area contributed by atoms with Crippen LogP contribution < -0.4 is 32.2 Å². The number of aromatic nitrogens is 3. The Hall–Kier alpha value is -5.89. The summed E-state index contributed by atoms with van der Waals surface area (Å²) in [6.07, 6.45) is 2.74. The number of allylic oxidation sites excluding steroid dienone is 2. The second-order valence-electron chi connectivity index (χ2n) is 9.90. The molecule has 0 saturated carbocycles. The van der Waals surface area contributed by atoms with Crippen LogP contribution in [0, 0.1) is 0 Å². The van der Waals surface area contributed by atoms with Gasteiger partial charge >= 0.3 is 5.97 Å². The van der Waals surface area contributed by atoms with Crippen LogP contribution in [0.5, 0.6) is 11.5 Å². The van der Waals surface area contributed by atoms with Crippen LogP contribution in [0.2, 0.25) is 0 Å². The number of aromatic hydroxyl groups is 2. The van der Waals surface area contributed by atoms with E-state index in [9.17, 15) is 39.6 Å². The number of hydrogen-bond donors (Lipinski definition) is 7. The predicted molar refractivity (Wildman–Crippen MR) is 164 cm³/mol. The van der Waals surface area contributed by atoms with Crippen molar-refractivity contribution in [2.75, 3.05) is 23.0 Å². The number of amides is 2. The molecule has 1 fully saturated rings. The fraction of sp³-hybridized carbons (Fsp3) is 0.185. The van der Waals surface area contributed by atoms with E-state index in [0.717, 1.165) is 28.4 Å². The topological polar surface area (TPSA) is 297 Å². The first kappa shape index (κ1) is 32.5. The number of phenolic OH excluding ortho intramolecular Hbond substituents is 2. The molecule has 3 aromatic rings. The number of benzene rings is 1. The summed E-state index contributed by atoms with van der Waals surface area (Å²) in [6.45, 7) is 0.228. The number of carbonyl (C=O) groups is 4. The Bertz CT molecular complexity index is 1880. The highest BCUT2D eigenvalue weighted by atomic mass is 32.2. The second-order valence-corrected chi connectivity index (χ2v) is 11.9. The van der Waals surface area contributed by atoms with Crippen LogP contribution in [-0.2, 0) is 30.6 Å². The van der Waals surface area contributed by atoms with E-state index in [1.165, 1.54) is 41.7 Å². The number of hydrogen-bond acceptors (Lipinski definition) is 16. The average molecular weight is 684 g/mol. The van der Waals surface area contributed by atoms with Crippen LogP contribution in [-0.4, -0.2) is 76.8 Å². The number of nitrogens with zero attached hydrogens (tertiary/aromatic N) is 5. The lowest BCUT2D eigenvalue weighted by Crippen LogP contribution is -2.71. The number of nitrogens with one attached hydrogen (secondary N) is 1. The Balaban J connectivity index is 1.35. The van der Waals surface area contributed by atoms with Gasteiger partial charge in [-0.05, 0) is 17.7 Å². The lowest BCUT2D eigenvalue weighted by molar-refractivity contribution is -0.675. The lowest BCUT2D eigenvalue weighted by Gasteiger charge is -2.50. The number of phenols is 2. The Kier molecular flexibility index (Phi) is 9.15. The van der Waals surface area contributed by atoms with Crippen molar-refractivity contribution >= 4 is 69.3 Å². The third-order valence-electron chi connectivity index (χ3n) is 6.83. The van der Waals surface area contributed by atoms with Crippen LogP contribution in [0.25, 0.3) is 0 Å². The molecule has 2 aliphatic rings. The number of nitrogen functional groups attached to an aromatic ring is 3. The van der Waals surface area contributed by atoms with Crippen molar-refractivity contribution < 1.29 is 49.0 Å². The molecule has 2 aliphatic heterocycles. The van der Waals surface area contributed by atoms with E-state index in [1.54, 1.807) is 10.6 Å². The van der Waals surface area contributed by atoms with Gasteiger partial charge in [-0.1, -0.05) is 28.4 Å². The maximum absolute atomic E-state index is 13.4. The van der Waals surface area contributed by atoms with Crippen molar-refractivity contribution in [2.45, 2.75) is 24.1 Å². The average Bonchev–Trinajstić information content (AvgIpc) is 3.45. The third kappa shape index (κ3) is 6.72. The number of thiazole rings is 1. The van der Waals surface area contributed by atoms with E-state index in [2.05, 4.69) is 20.4 Å². The highest BCUT2D eigenvalue weighted by molar-refractivity contribution is 8.00. The number of aliphatic carboxylic acids is 2. The molecule has 0 bridgehead atoms. The summed E-state index contributed by atoms with van der Waals surface area (Å²) in [5.74, 6) is -5.29. The number of anilines is 3. The SMILES string of the molecule is Nc1cc(N)[n+](C/C=C/C2=C(C(=O)[O-])N3C(=O)[C@@H](NC(=O)/C(=N\O[C@H](C(=O)O)c4ccc(O)c(O)c4)c4csc(N)n4)[C@H]3SC2)cn1. The first-order chi connectivity index (χ1) is 22.3. The Morgan fingerprint density at radius 3 is 2.64 bits per heavy atom. The third-order valence-corrected chi connectivity index (χ3v) is 8.80. The number of rotatable bonds is 11. The van der Waals surface area contributed by atoms with Crippen LogP contribution >= 0.6 is 23.1 Å². The minimum absolute atomic E-state index is 0.0468. The molecule has 1 saturated heterocycles. The number of carbonyl (C=O) groups excluding carboxylic acids is 3. The highest BCUT2D eigenvalue weighted by Crippen LogP contribution is 2.40. The molecule has 0 radical (unpaired) electrons. The molecule has 3 atom stereocenters. The van der Waals surface area contributed by atoms with E-state index >= 15 is 0 Å². The molecule has 10 N–H and O–H groups in total. The number of β-lactam (4-membered cyclic amide) rings is 1. The van der Waals surface area contributed by atoms with Crippen molar-refractivity contribution in [1.29, 1.82) is 0 Å². The van der Waals surface area contributed by atoms with Crippen molar-refractivity contribution in [1.82, 2.24) is 20.2 Å². The molecular formula is C27H25N9O9S2. The Morgan fingerprint density at radius 1 is 1.23 bits per heavy atom. The van der Waals surface area contributed by atoms with Crippen LogP contribution in [0.3, 0.4) is 0 Å². The largest absolute Gasteiger partial charge is 0.543 e. The van der Waals surface area contributed by atoms with Crippen molar-refractivity contribution in [3.63, 3.8) is 0 Å². The van der Waals surface area contributed by atoms with Crippen LogP contribution in [0.1, 0.15) is 17.4 Å². The predicted octanol–water partition coefficient (Wildman–Crippen LogP) is -1.81. The zero-order valence-electron chi connectivity index (χ0n) is 23.8. The molecule has 0 unspecified atom stereocenters. The first-order valence-electron chi connectivity index (χ1n) is 13.3. The fourth-order valence-corrected chi connectivity index (χ4v) is 6.43. The number of fused-ring (bicyclic) bond motifs is 1. The normalized spacial score (nSPS) is 18.4. The van der Waals surface area contributed by atoms with Gasteiger partial charge in [0.15, 0.2) is 22.3 Å². The molecule has 2 aromatic heterocycles. The van der Waals surface area contributed by atoms with Gasteiger partial charge in [-0.3, -0.25) is 14.5 Å². The Morgan fingerprint density at radius 2 is 2.00 bits per heavy atom. The molecule has 4 heterocycles. The van der Waals surface area contributed by atoms with Gasteiger partial charge in [0.05, 0.1) is 24.3 Å². The van der Waals surface area contributed by atoms with Gasteiger partial charge in [0.25, 0.3) is 11.8 Å². The van der Waals surface area contributed by atoms with Crippen molar-refractivity contribution in [2.24, 2.45) is 5.16 Å². The van der Waals surface area contributed by atoms with E-state index < -0.39 is 58.5 Å². The van der Waals surface area contributed by atoms with E-state index in [1.807, 2.05) is 0 Å². The minimum atomic E-state index is -1.83. The van der Waals surface area contributed by atoms with Crippen LogP contribution in [0.4, 0.5) is 16.8 Å². The second kappa shape index (κ2) is 13.2. The monoisotopic (exact) mass is 683 g/mol. The van der Waals surface area contributed by atoms with Crippen molar-refractivity contribution in [3.05, 3.63) is 70.7 Å². The number of carboxylic acid groups (broad SMARTS) is 2. The Labute approximate surface area is 272 Å². The smallest absolute Gasteiger partial charge is 0.352 e. The maximum atomic E-state index is 13.4. The molecular weight excluding hydrogens is 658 g/mol. The molecule has 244 valence electrons. The van der Waals surface area contributed by atoms with Gasteiger partial charge in [-0.25, -0.2) is 14.3 Å². The van der Waals surface area contributed by atoms with E-state index in [4.69, 9.17) is 22.0 Å². The lowest BCUT2D eigenvalue weighted by atomic mass is 10.0. The van der Waals surface area contributed by atoms with Gasteiger partial charge in [-0.15, -0.1) is 23.1 Å². The molecule has 1 aromatic carbocycles. The zero-order chi connectivity index (χ0) is 34.0. The quantitative estimate of drug-likeness (QED) is 0.0385. The van der Waals surface area contributed by atoms with Gasteiger partial charge in [0, 0.05) is 16.7 Å². The van der Waals surface area contributed by atoms with Crippen molar-refractivity contribution in [3.8, 4) is 11.5 Å². The summed E-state index contributed by atoms with van der Waals surface area (Å²) < 4.78 is 1.57. The number of thioether (sulfide) groups is 1. The number of oxime groups is 1. The molecule has 5 rings (SSSR count). The molecule has 2 amide bonds. The summed E-state index contributed by atoms with van der Waals surface area (Å²) in [5.41, 5.74) is 16.4. The standard InChI is InChI=1S/C27H25N9O9S2/c28-16-7-17(29)35(10-31-16)5-1-2-12-8-46-24-19(23(40)36(24)20(12)25(41)42)33-22(39)18(13-9-47-27(30)32-13)34-45-21(26(43)44)11-3-4-14(37)15(38)6-11/h1-4,6-7,9-10,19,21,24H,5,8H2,(H10,28,29,30,32,33,34,37,38,39,41,42,43,44)/b2-1+/t19-,21+,24-/m1/s1. The fourth-order valence-electron chi connectivity index (χ4n) is 4.56. The summed E-state index contributed by atoms with van der Waals surface area (Å²) in [4.78, 5) is 64.8. The number of nitrogens with two attached hydrogens (primary N) is 3. The van der Waals surface area contributed by atoms with Gasteiger partial charge in [0.1, 0.15) is 17.1 Å². The van der Waals surface area contributed by atoms with E-state index in [0.29, 0.717) is 11.4 Å². The van der Waals surface area contributed by atoms with Gasteiger partial charge in [0.2, 0.25) is 24.1 Å². The first-order valence-corrected chi connectivity index (χ1v) is 15.3. The highest BCUT2D eigenvalue weighted by Gasteiger charge is 2.53. The molecule has 20 heteroatoms. The minimum Gasteiger partial charge on any atom is -0.543 e.